The maximum absolute atomic E-state index is 12.5. The van der Waals surface area contributed by atoms with Crippen molar-refractivity contribution in [2.24, 2.45) is 5.73 Å². The van der Waals surface area contributed by atoms with Crippen molar-refractivity contribution < 1.29 is 37.1 Å². The van der Waals surface area contributed by atoms with Crippen molar-refractivity contribution in [3.8, 4) is 0 Å². The number of nitrogens with zero attached hydrogens (tertiary/aromatic N) is 1. The highest BCUT2D eigenvalue weighted by Gasteiger charge is 2.49. The number of piperidine rings is 1. The van der Waals surface area contributed by atoms with E-state index in [-0.39, 0.29) is 19.0 Å². The largest absolute Gasteiger partial charge is 0.491 e. The van der Waals surface area contributed by atoms with Crippen LogP contribution in [0.3, 0.4) is 0 Å². The van der Waals surface area contributed by atoms with Gasteiger partial charge in [0.25, 0.3) is 5.72 Å². The number of alkyl halides is 3. The van der Waals surface area contributed by atoms with Gasteiger partial charge in [0.15, 0.2) is 0 Å². The Morgan fingerprint density at radius 2 is 1.78 bits per heavy atom. The molecule has 2 rings (SSSR count). The van der Waals surface area contributed by atoms with Gasteiger partial charge < -0.3 is 14.9 Å². The van der Waals surface area contributed by atoms with Gasteiger partial charge in [-0.25, -0.2) is 9.59 Å². The number of hydrogen-bond donors (Lipinski definition) is 3. The molecular formula is C20H26F3N3O5S. The van der Waals surface area contributed by atoms with Crippen LogP contribution in [0.25, 0.3) is 0 Å². The van der Waals surface area contributed by atoms with Gasteiger partial charge in [-0.05, 0) is 37.3 Å². The molecule has 32 heavy (non-hydrogen) atoms. The number of carbonyl (C=O) groups excluding carboxylic acids is 3. The molecule has 0 aliphatic carbocycles. The zero-order chi connectivity index (χ0) is 24.2. The average molecular weight is 478 g/mol. The Labute approximate surface area is 189 Å². The standard InChI is InChI=1S/C20H26F3N3O5S/c1-13-5-3-4-6-15(13)11-18(25-14(2)27)7-9-26(10-8-18)31-16(28)19(24,12-32)30-17(29)20(21,22)23/h3-6,32H,7-12,24H2,1-2H3,(H,25,27)/t19-/m1/s1. The van der Waals surface area contributed by atoms with Crippen molar-refractivity contribution in [3.63, 3.8) is 0 Å². The lowest BCUT2D eigenvalue weighted by Crippen LogP contribution is -2.60. The van der Waals surface area contributed by atoms with E-state index >= 15 is 0 Å². The minimum atomic E-state index is -5.33. The molecule has 3 N–H and O–H groups in total. The number of thiol groups is 1. The van der Waals surface area contributed by atoms with Crippen LogP contribution in [0.4, 0.5) is 13.2 Å². The van der Waals surface area contributed by atoms with Crippen molar-refractivity contribution >= 4 is 30.5 Å². The van der Waals surface area contributed by atoms with Crippen LogP contribution < -0.4 is 11.1 Å². The maximum atomic E-state index is 12.5. The third kappa shape index (κ3) is 6.59. The van der Waals surface area contributed by atoms with Crippen molar-refractivity contribution in [2.75, 3.05) is 18.8 Å². The van der Waals surface area contributed by atoms with Crippen molar-refractivity contribution in [2.45, 2.75) is 50.6 Å². The molecule has 1 amide bonds. The van der Waals surface area contributed by atoms with Gasteiger partial charge in [-0.2, -0.15) is 25.8 Å². The van der Waals surface area contributed by atoms with E-state index in [0.717, 1.165) is 11.1 Å². The second-order valence-electron chi connectivity index (χ2n) is 7.81. The lowest BCUT2D eigenvalue weighted by molar-refractivity contribution is -0.233. The summed E-state index contributed by atoms with van der Waals surface area (Å²) in [7, 11) is 0. The smallest absolute Gasteiger partial charge is 0.425 e. The monoisotopic (exact) mass is 477 g/mol. The Hall–Kier alpha value is -2.31. The van der Waals surface area contributed by atoms with Crippen LogP contribution in [-0.2, 0) is 30.4 Å². The second-order valence-corrected chi connectivity index (χ2v) is 8.12. The highest BCUT2D eigenvalue weighted by atomic mass is 32.1. The summed E-state index contributed by atoms with van der Waals surface area (Å²) in [6, 6.07) is 7.75. The Balaban J connectivity index is 2.06. The summed E-state index contributed by atoms with van der Waals surface area (Å²) < 4.78 is 41.6. The number of hydrogen-bond acceptors (Lipinski definition) is 8. The second kappa shape index (κ2) is 10.1. The van der Waals surface area contributed by atoms with E-state index in [0.29, 0.717) is 19.3 Å². The topological polar surface area (TPSA) is 111 Å². The molecule has 0 unspecified atom stereocenters. The number of halogens is 3. The molecule has 8 nitrogen and oxygen atoms in total. The summed E-state index contributed by atoms with van der Waals surface area (Å²) >= 11 is 3.72. The Morgan fingerprint density at radius 3 is 2.28 bits per heavy atom. The molecule has 1 saturated heterocycles. The van der Waals surface area contributed by atoms with Crippen LogP contribution in [0.15, 0.2) is 24.3 Å². The summed E-state index contributed by atoms with van der Waals surface area (Å²) in [4.78, 5) is 40.4. The fourth-order valence-corrected chi connectivity index (χ4v) is 3.65. The van der Waals surface area contributed by atoms with E-state index in [1.807, 2.05) is 31.2 Å². The molecule has 1 fully saturated rings. The molecule has 1 heterocycles. The number of hydroxylamine groups is 2. The van der Waals surface area contributed by atoms with Crippen LogP contribution in [0.1, 0.15) is 30.9 Å². The number of ether oxygens (including phenoxy) is 1. The molecule has 0 aromatic heterocycles. The molecule has 1 atom stereocenters. The van der Waals surface area contributed by atoms with Crippen LogP contribution in [0.2, 0.25) is 0 Å². The van der Waals surface area contributed by atoms with Gasteiger partial charge in [0.05, 0.1) is 5.75 Å². The predicted molar refractivity (Wildman–Crippen MR) is 111 cm³/mol. The van der Waals surface area contributed by atoms with E-state index in [2.05, 4.69) is 22.7 Å². The maximum Gasteiger partial charge on any atom is 0.491 e. The van der Waals surface area contributed by atoms with E-state index in [9.17, 15) is 27.6 Å². The van der Waals surface area contributed by atoms with Gasteiger partial charge in [-0.15, -0.1) is 5.06 Å². The molecule has 1 aliphatic rings. The van der Waals surface area contributed by atoms with E-state index in [1.54, 1.807) is 0 Å². The number of rotatable bonds is 7. The minimum absolute atomic E-state index is 0.174. The van der Waals surface area contributed by atoms with Gasteiger partial charge in [0, 0.05) is 25.6 Å². The fraction of sp³-hybridized carbons (Fsp3) is 0.550. The number of aryl methyl sites for hydroxylation is 1. The molecular weight excluding hydrogens is 451 g/mol. The summed E-state index contributed by atoms with van der Waals surface area (Å²) in [6.07, 6.45) is -3.97. The molecule has 178 valence electrons. The molecule has 12 heteroatoms. The zero-order valence-corrected chi connectivity index (χ0v) is 18.6. The summed E-state index contributed by atoms with van der Waals surface area (Å²) in [5.41, 5.74) is 4.35. The molecule has 0 saturated carbocycles. The predicted octanol–water partition coefficient (Wildman–Crippen LogP) is 1.66. The molecule has 1 aromatic rings. The van der Waals surface area contributed by atoms with Crippen molar-refractivity contribution in [3.05, 3.63) is 35.4 Å². The average Bonchev–Trinajstić information content (AvgIpc) is 2.70. The molecule has 0 bridgehead atoms. The first-order valence-electron chi connectivity index (χ1n) is 9.81. The van der Waals surface area contributed by atoms with Crippen molar-refractivity contribution in [1.29, 1.82) is 0 Å². The van der Waals surface area contributed by atoms with Gasteiger partial charge >= 0.3 is 18.1 Å². The summed E-state index contributed by atoms with van der Waals surface area (Å²) in [5, 5.41) is 4.21. The van der Waals surface area contributed by atoms with E-state index in [1.165, 1.54) is 12.0 Å². The molecule has 0 spiro atoms. The first-order valence-corrected chi connectivity index (χ1v) is 10.4. The summed E-state index contributed by atoms with van der Waals surface area (Å²) in [6.45, 7) is 3.73. The zero-order valence-electron chi connectivity index (χ0n) is 17.7. The lowest BCUT2D eigenvalue weighted by atomic mass is 9.81. The number of nitrogens with two attached hydrogens (primary N) is 1. The number of nitrogens with one attached hydrogen (secondary N) is 1. The Morgan fingerprint density at radius 1 is 1.19 bits per heavy atom. The highest BCUT2D eigenvalue weighted by molar-refractivity contribution is 7.80. The number of esters is 1. The third-order valence-electron chi connectivity index (χ3n) is 5.21. The van der Waals surface area contributed by atoms with Gasteiger partial charge in [-0.3, -0.25) is 10.5 Å². The third-order valence-corrected chi connectivity index (χ3v) is 5.68. The van der Waals surface area contributed by atoms with Gasteiger partial charge in [-0.1, -0.05) is 24.3 Å². The van der Waals surface area contributed by atoms with E-state index < -0.39 is 35.1 Å². The number of carbonyl (C=O) groups is 3. The highest BCUT2D eigenvalue weighted by Crippen LogP contribution is 2.29. The first kappa shape index (κ1) is 25.9. The van der Waals surface area contributed by atoms with Crippen LogP contribution in [0.5, 0.6) is 0 Å². The number of benzene rings is 1. The van der Waals surface area contributed by atoms with Crippen LogP contribution in [-0.4, -0.2) is 59.2 Å². The molecule has 1 aliphatic heterocycles. The number of amides is 1. The Bertz CT molecular complexity index is 859. The first-order chi connectivity index (χ1) is 14.8. The van der Waals surface area contributed by atoms with Gasteiger partial charge in [0.1, 0.15) is 0 Å². The van der Waals surface area contributed by atoms with E-state index in [4.69, 9.17) is 10.6 Å². The van der Waals surface area contributed by atoms with Crippen LogP contribution in [0, 0.1) is 6.92 Å². The molecule has 1 aromatic carbocycles. The normalized spacial score (nSPS) is 18.3. The fourth-order valence-electron chi connectivity index (χ4n) is 3.45. The van der Waals surface area contributed by atoms with Crippen LogP contribution >= 0.6 is 12.6 Å². The summed E-state index contributed by atoms with van der Waals surface area (Å²) in [5.74, 6) is -4.92. The minimum Gasteiger partial charge on any atom is -0.425 e. The SMILES string of the molecule is CC(=O)NC1(Cc2ccccc2C)CCN(OC(=O)[C@@](N)(CS)OC(=O)C(F)(F)F)CC1. The quantitative estimate of drug-likeness (QED) is 0.311. The van der Waals surface area contributed by atoms with Crippen molar-refractivity contribution in [1.82, 2.24) is 10.4 Å². The lowest BCUT2D eigenvalue weighted by Gasteiger charge is -2.42. The molecule has 0 radical (unpaired) electrons. The van der Waals surface area contributed by atoms with Gasteiger partial charge in [0.2, 0.25) is 5.91 Å². The Kier molecular flexibility index (Phi) is 8.18.